The third kappa shape index (κ3) is 8.37. The van der Waals surface area contributed by atoms with E-state index >= 15 is 0 Å². The van der Waals surface area contributed by atoms with Crippen LogP contribution in [0, 0.1) is 17.9 Å². The summed E-state index contributed by atoms with van der Waals surface area (Å²) in [7, 11) is 2.95. The lowest BCUT2D eigenvalue weighted by Crippen LogP contribution is -2.34. The summed E-state index contributed by atoms with van der Waals surface area (Å²) >= 11 is 0. The topological polar surface area (TPSA) is 122 Å². The van der Waals surface area contributed by atoms with Crippen LogP contribution in [0.1, 0.15) is 36.6 Å². The molecule has 9 nitrogen and oxygen atoms in total. The number of methoxy groups -OCH3 is 2. The zero-order valence-corrected chi connectivity index (χ0v) is 19.1. The predicted molar refractivity (Wildman–Crippen MR) is 116 cm³/mol. The van der Waals surface area contributed by atoms with Gasteiger partial charge in [-0.2, -0.15) is 5.11 Å². The lowest BCUT2D eigenvalue weighted by molar-refractivity contribution is -0.160. The molecular weight excluding hydrogens is 402 g/mol. The minimum Gasteiger partial charge on any atom is -0.469 e. The van der Waals surface area contributed by atoms with Crippen molar-refractivity contribution >= 4 is 5.97 Å². The van der Waals surface area contributed by atoms with Crippen molar-refractivity contribution in [2.24, 2.45) is 10.5 Å². The molecule has 0 aliphatic rings. The predicted octanol–water partition coefficient (Wildman–Crippen LogP) is 2.87. The number of carbonyl (C=O) groups excluding carboxylic acids is 1. The first kappa shape index (κ1) is 26.7. The van der Waals surface area contributed by atoms with E-state index in [2.05, 4.69) is 10.4 Å². The molecule has 3 N–H and O–H groups in total. The number of aliphatic hydroxyl groups is 1. The Hall–Kier alpha value is -2.33. The Balaban J connectivity index is 2.91. The Morgan fingerprint density at radius 3 is 2.65 bits per heavy atom. The van der Waals surface area contributed by atoms with Gasteiger partial charge in [0.1, 0.15) is 5.70 Å². The van der Waals surface area contributed by atoms with E-state index in [0.29, 0.717) is 32.1 Å². The summed E-state index contributed by atoms with van der Waals surface area (Å²) in [6.45, 7) is 7.33. The lowest BCUT2D eigenvalue weighted by atomic mass is 9.81. The van der Waals surface area contributed by atoms with Crippen LogP contribution in [0.15, 0.2) is 35.2 Å². The molecule has 1 aromatic rings. The van der Waals surface area contributed by atoms with Gasteiger partial charge < -0.3 is 29.4 Å². The molecule has 1 rings (SSSR count). The van der Waals surface area contributed by atoms with Crippen molar-refractivity contribution < 1.29 is 28.8 Å². The van der Waals surface area contributed by atoms with Crippen molar-refractivity contribution in [2.75, 3.05) is 47.2 Å². The number of carbonyl (C=O) groups is 1. The Morgan fingerprint density at radius 2 is 2.03 bits per heavy atom. The molecule has 0 heterocycles. The third-order valence-electron chi connectivity index (χ3n) is 4.85. The average molecular weight is 438 g/mol. The van der Waals surface area contributed by atoms with E-state index in [4.69, 9.17) is 24.5 Å². The summed E-state index contributed by atoms with van der Waals surface area (Å²) in [5.41, 5.74) is 9.19. The third-order valence-corrected chi connectivity index (χ3v) is 4.85. The van der Waals surface area contributed by atoms with E-state index in [0.717, 1.165) is 16.7 Å². The van der Waals surface area contributed by atoms with Crippen molar-refractivity contribution in [2.45, 2.75) is 33.5 Å². The SMILES string of the molecule is COCCOCCN/C=C(/CO[C@H](c1ccc(C)c(CO)c1)C(C)(C)C(=O)OC)N=N. The highest BCUT2D eigenvalue weighted by Crippen LogP contribution is 2.38. The number of aryl methyl sites for hydroxylation is 1. The van der Waals surface area contributed by atoms with Crippen molar-refractivity contribution in [3.8, 4) is 0 Å². The average Bonchev–Trinajstić information content (AvgIpc) is 2.77. The Bertz CT molecular complexity index is 736. The highest BCUT2D eigenvalue weighted by molar-refractivity contribution is 5.77. The maximum absolute atomic E-state index is 12.4. The van der Waals surface area contributed by atoms with E-state index < -0.39 is 17.5 Å². The van der Waals surface area contributed by atoms with Crippen molar-refractivity contribution in [3.05, 3.63) is 46.8 Å². The zero-order valence-electron chi connectivity index (χ0n) is 19.1. The molecule has 0 aliphatic carbocycles. The quantitative estimate of drug-likeness (QED) is 0.219. The molecule has 0 radical (unpaired) electrons. The fourth-order valence-corrected chi connectivity index (χ4v) is 2.96. The summed E-state index contributed by atoms with van der Waals surface area (Å²) in [6.07, 6.45) is 0.914. The number of benzene rings is 1. The smallest absolute Gasteiger partial charge is 0.314 e. The fraction of sp³-hybridized carbons (Fsp3) is 0.591. The van der Waals surface area contributed by atoms with Gasteiger partial charge in [-0.1, -0.05) is 18.2 Å². The Kier molecular flexibility index (Phi) is 11.9. The van der Waals surface area contributed by atoms with E-state index in [1.807, 2.05) is 25.1 Å². The molecule has 0 aromatic heterocycles. The standard InChI is InChI=1S/C22H35N3O6/c1-16-6-7-17(12-18(16)14-26)20(22(2,3)21(27)29-5)31-15-19(25-23)13-24-8-9-30-11-10-28-4/h6-7,12-13,20,23-24,26H,8-11,14-15H2,1-5H3/b19-13-,25-23?/t20-/m1/s1. The second kappa shape index (κ2) is 13.9. The van der Waals surface area contributed by atoms with Crippen molar-refractivity contribution in [1.29, 1.82) is 5.53 Å². The van der Waals surface area contributed by atoms with Gasteiger partial charge >= 0.3 is 5.97 Å². The highest BCUT2D eigenvalue weighted by atomic mass is 16.5. The van der Waals surface area contributed by atoms with Crippen LogP contribution in [0.2, 0.25) is 0 Å². The monoisotopic (exact) mass is 437 g/mol. The summed E-state index contributed by atoms with van der Waals surface area (Å²) in [5.74, 6) is -0.428. The molecule has 0 aliphatic heterocycles. The summed E-state index contributed by atoms with van der Waals surface area (Å²) < 4.78 is 21.3. The first-order valence-corrected chi connectivity index (χ1v) is 10.1. The summed E-state index contributed by atoms with van der Waals surface area (Å²) in [6, 6.07) is 5.56. The highest BCUT2D eigenvalue weighted by Gasteiger charge is 2.40. The number of esters is 1. The molecule has 0 saturated heterocycles. The molecule has 1 aromatic carbocycles. The molecule has 0 saturated carbocycles. The first-order valence-electron chi connectivity index (χ1n) is 10.1. The number of hydrogen-bond acceptors (Lipinski definition) is 9. The normalized spacial score (nSPS) is 13.0. The molecule has 1 atom stereocenters. The van der Waals surface area contributed by atoms with Gasteiger partial charge in [0.15, 0.2) is 0 Å². The Labute approximate surface area is 184 Å². The van der Waals surface area contributed by atoms with Gasteiger partial charge in [0.2, 0.25) is 0 Å². The number of ether oxygens (including phenoxy) is 4. The van der Waals surface area contributed by atoms with Crippen LogP contribution in [0.25, 0.3) is 0 Å². The molecule has 31 heavy (non-hydrogen) atoms. The number of hydrogen-bond donors (Lipinski definition) is 3. The maximum atomic E-state index is 12.4. The molecule has 174 valence electrons. The molecule has 0 fully saturated rings. The van der Waals surface area contributed by atoms with Gasteiger partial charge in [-0.3, -0.25) is 4.79 Å². The van der Waals surface area contributed by atoms with Crippen molar-refractivity contribution in [3.63, 3.8) is 0 Å². The number of nitrogens with zero attached hydrogens (tertiary/aromatic N) is 1. The van der Waals surface area contributed by atoms with E-state index in [1.54, 1.807) is 27.2 Å². The molecule has 0 unspecified atom stereocenters. The van der Waals surface area contributed by atoms with Gasteiger partial charge in [0.05, 0.1) is 51.7 Å². The van der Waals surface area contributed by atoms with Crippen LogP contribution in [0.5, 0.6) is 0 Å². The minimum atomic E-state index is -1.01. The fourth-order valence-electron chi connectivity index (χ4n) is 2.96. The van der Waals surface area contributed by atoms with Crippen LogP contribution in [-0.2, 0) is 30.3 Å². The maximum Gasteiger partial charge on any atom is 0.314 e. The lowest BCUT2D eigenvalue weighted by Gasteiger charge is -2.32. The second-order valence-corrected chi connectivity index (χ2v) is 7.56. The summed E-state index contributed by atoms with van der Waals surface area (Å²) in [4.78, 5) is 12.4. The number of aliphatic hydroxyl groups excluding tert-OH is 1. The molecule has 9 heteroatoms. The van der Waals surface area contributed by atoms with Crippen LogP contribution in [0.3, 0.4) is 0 Å². The van der Waals surface area contributed by atoms with Gasteiger partial charge in [0.25, 0.3) is 0 Å². The van der Waals surface area contributed by atoms with Gasteiger partial charge in [-0.05, 0) is 37.5 Å². The van der Waals surface area contributed by atoms with Crippen LogP contribution in [-0.4, -0.2) is 58.3 Å². The van der Waals surface area contributed by atoms with Crippen LogP contribution < -0.4 is 5.32 Å². The van der Waals surface area contributed by atoms with Gasteiger partial charge in [-0.25, -0.2) is 5.53 Å². The number of nitrogens with one attached hydrogen (secondary N) is 2. The zero-order chi connectivity index (χ0) is 23.3. The van der Waals surface area contributed by atoms with Crippen LogP contribution >= 0.6 is 0 Å². The minimum absolute atomic E-state index is 0.00839. The largest absolute Gasteiger partial charge is 0.469 e. The number of rotatable bonds is 15. The first-order chi connectivity index (χ1) is 14.8. The van der Waals surface area contributed by atoms with Gasteiger partial charge in [-0.15, -0.1) is 0 Å². The Morgan fingerprint density at radius 1 is 1.29 bits per heavy atom. The molecule has 0 bridgehead atoms. The summed E-state index contributed by atoms with van der Waals surface area (Å²) in [5, 5.41) is 16.2. The van der Waals surface area contributed by atoms with Crippen LogP contribution in [0.4, 0.5) is 0 Å². The molecular formula is C22H35N3O6. The van der Waals surface area contributed by atoms with E-state index in [1.165, 1.54) is 7.11 Å². The van der Waals surface area contributed by atoms with E-state index in [9.17, 15) is 9.90 Å². The van der Waals surface area contributed by atoms with E-state index in [-0.39, 0.29) is 13.2 Å². The second-order valence-electron chi connectivity index (χ2n) is 7.56. The molecule has 0 amide bonds. The van der Waals surface area contributed by atoms with Crippen molar-refractivity contribution in [1.82, 2.24) is 5.32 Å². The van der Waals surface area contributed by atoms with Gasteiger partial charge in [0, 0.05) is 19.9 Å². The molecule has 0 spiro atoms.